The summed E-state index contributed by atoms with van der Waals surface area (Å²) in [5.41, 5.74) is 1.45. The molecular formula is C25H19ClF2N2O4. The van der Waals surface area contributed by atoms with E-state index in [2.05, 4.69) is 5.32 Å². The number of nitrogens with zero attached hydrogens (tertiary/aromatic N) is 1. The summed E-state index contributed by atoms with van der Waals surface area (Å²) in [6.07, 6.45) is 1.44. The maximum Gasteiger partial charge on any atom is 0.329 e. The molecule has 0 unspecified atom stereocenters. The van der Waals surface area contributed by atoms with Crippen molar-refractivity contribution in [3.63, 3.8) is 0 Å². The zero-order valence-corrected chi connectivity index (χ0v) is 18.7. The van der Waals surface area contributed by atoms with Crippen LogP contribution in [0.1, 0.15) is 16.7 Å². The van der Waals surface area contributed by atoms with Crippen LogP contribution in [0, 0.1) is 11.6 Å². The molecule has 0 saturated carbocycles. The zero-order chi connectivity index (χ0) is 24.2. The molecule has 34 heavy (non-hydrogen) atoms. The van der Waals surface area contributed by atoms with Gasteiger partial charge >= 0.3 is 6.03 Å². The highest BCUT2D eigenvalue weighted by atomic mass is 35.5. The normalized spacial score (nSPS) is 14.5. The number of urea groups is 1. The summed E-state index contributed by atoms with van der Waals surface area (Å²) in [5, 5.41) is 2.71. The Bertz CT molecular complexity index is 1280. The number of benzene rings is 3. The second-order valence-electron chi connectivity index (χ2n) is 7.42. The van der Waals surface area contributed by atoms with Crippen LogP contribution in [-0.4, -0.2) is 23.9 Å². The van der Waals surface area contributed by atoms with E-state index in [1.54, 1.807) is 30.3 Å². The van der Waals surface area contributed by atoms with Crippen LogP contribution in [0.15, 0.2) is 66.4 Å². The summed E-state index contributed by atoms with van der Waals surface area (Å²) in [6.45, 7) is -0.0642. The van der Waals surface area contributed by atoms with Crippen LogP contribution in [-0.2, 0) is 17.9 Å². The highest BCUT2D eigenvalue weighted by Gasteiger charge is 2.34. The molecule has 3 aromatic carbocycles. The fourth-order valence-corrected chi connectivity index (χ4v) is 3.65. The largest absolute Gasteiger partial charge is 0.493 e. The molecule has 174 valence electrons. The van der Waals surface area contributed by atoms with Crippen molar-refractivity contribution < 1.29 is 27.8 Å². The van der Waals surface area contributed by atoms with Gasteiger partial charge in [-0.25, -0.2) is 13.6 Å². The number of carbonyl (C=O) groups is 2. The molecule has 0 bridgehead atoms. The van der Waals surface area contributed by atoms with Gasteiger partial charge in [0, 0.05) is 5.56 Å². The number of rotatable bonds is 7. The molecule has 1 fully saturated rings. The number of amides is 3. The van der Waals surface area contributed by atoms with Crippen molar-refractivity contribution in [1.29, 1.82) is 0 Å². The number of methoxy groups -OCH3 is 1. The SMILES string of the molecule is COc1cc(/C=C2/NC(=O)N(Cc3ccccc3F)C2=O)cc(Cl)c1OCc1ccc(F)cc1. The summed E-state index contributed by atoms with van der Waals surface area (Å²) in [5.74, 6) is -0.869. The lowest BCUT2D eigenvalue weighted by molar-refractivity contribution is -0.123. The molecule has 6 nitrogen and oxygen atoms in total. The van der Waals surface area contributed by atoms with Gasteiger partial charge < -0.3 is 14.8 Å². The van der Waals surface area contributed by atoms with Crippen LogP contribution in [0.2, 0.25) is 5.02 Å². The van der Waals surface area contributed by atoms with E-state index in [4.69, 9.17) is 21.1 Å². The third kappa shape index (κ3) is 5.02. The molecule has 1 saturated heterocycles. The average Bonchev–Trinajstić information content (AvgIpc) is 3.07. The Morgan fingerprint density at radius 3 is 2.50 bits per heavy atom. The van der Waals surface area contributed by atoms with Crippen molar-refractivity contribution in [3.8, 4) is 11.5 Å². The second-order valence-corrected chi connectivity index (χ2v) is 7.83. The van der Waals surface area contributed by atoms with Gasteiger partial charge in [-0.15, -0.1) is 0 Å². The van der Waals surface area contributed by atoms with E-state index in [1.807, 2.05) is 0 Å². The first kappa shape index (κ1) is 23.3. The van der Waals surface area contributed by atoms with E-state index in [0.717, 1.165) is 10.5 Å². The van der Waals surface area contributed by atoms with Crippen LogP contribution in [0.5, 0.6) is 11.5 Å². The lowest BCUT2D eigenvalue weighted by Crippen LogP contribution is -2.30. The van der Waals surface area contributed by atoms with Crippen LogP contribution in [0.25, 0.3) is 6.08 Å². The van der Waals surface area contributed by atoms with Gasteiger partial charge in [-0.2, -0.15) is 0 Å². The van der Waals surface area contributed by atoms with Crippen LogP contribution in [0.3, 0.4) is 0 Å². The molecule has 1 aliphatic rings. The maximum absolute atomic E-state index is 14.0. The summed E-state index contributed by atoms with van der Waals surface area (Å²) in [7, 11) is 1.44. The summed E-state index contributed by atoms with van der Waals surface area (Å²) in [6, 6.07) is 14.3. The number of hydrogen-bond acceptors (Lipinski definition) is 4. The molecule has 1 N–H and O–H groups in total. The molecule has 9 heteroatoms. The van der Waals surface area contributed by atoms with Crippen molar-refractivity contribution >= 4 is 29.6 Å². The van der Waals surface area contributed by atoms with E-state index < -0.39 is 17.8 Å². The lowest BCUT2D eigenvalue weighted by Gasteiger charge is -2.14. The average molecular weight is 485 g/mol. The Kier molecular flexibility index (Phi) is 6.79. The first-order valence-corrected chi connectivity index (χ1v) is 10.6. The number of nitrogens with one attached hydrogen (secondary N) is 1. The lowest BCUT2D eigenvalue weighted by atomic mass is 10.1. The van der Waals surface area contributed by atoms with E-state index >= 15 is 0 Å². The Morgan fingerprint density at radius 2 is 1.79 bits per heavy atom. The topological polar surface area (TPSA) is 67.9 Å². The second kappa shape index (κ2) is 9.93. The number of ether oxygens (including phenoxy) is 2. The van der Waals surface area contributed by atoms with E-state index in [0.29, 0.717) is 11.3 Å². The Hall–Kier alpha value is -3.91. The highest BCUT2D eigenvalue weighted by molar-refractivity contribution is 6.32. The molecule has 0 aromatic heterocycles. The van der Waals surface area contributed by atoms with Gasteiger partial charge in [0.25, 0.3) is 5.91 Å². The fraction of sp³-hybridized carbons (Fsp3) is 0.120. The standard InChI is InChI=1S/C25H19ClF2N2O4/c1-33-22-12-16(10-19(26)23(22)34-14-15-6-8-18(27)9-7-15)11-21-24(31)30(25(32)29-21)13-17-4-2-3-5-20(17)28/h2-12H,13-14H2,1H3,(H,29,32)/b21-11+. The first-order chi connectivity index (χ1) is 16.4. The van der Waals surface area contributed by atoms with Crippen molar-refractivity contribution in [2.45, 2.75) is 13.2 Å². The van der Waals surface area contributed by atoms with Crippen LogP contribution >= 0.6 is 11.6 Å². The molecule has 0 atom stereocenters. The predicted molar refractivity (Wildman–Crippen MR) is 122 cm³/mol. The van der Waals surface area contributed by atoms with Gasteiger partial charge in [-0.3, -0.25) is 9.69 Å². The third-order valence-electron chi connectivity index (χ3n) is 5.11. The van der Waals surface area contributed by atoms with Crippen molar-refractivity contribution in [2.24, 2.45) is 0 Å². The first-order valence-electron chi connectivity index (χ1n) is 10.2. The van der Waals surface area contributed by atoms with Crippen LogP contribution in [0.4, 0.5) is 13.6 Å². The molecule has 3 aromatic rings. The summed E-state index contributed by atoms with van der Waals surface area (Å²) >= 11 is 6.39. The Labute approximate surface area is 199 Å². The van der Waals surface area contributed by atoms with E-state index in [-0.39, 0.29) is 41.0 Å². The third-order valence-corrected chi connectivity index (χ3v) is 5.39. The van der Waals surface area contributed by atoms with E-state index in [1.165, 1.54) is 43.5 Å². The zero-order valence-electron chi connectivity index (χ0n) is 18.0. The quantitative estimate of drug-likeness (QED) is 0.365. The molecular weight excluding hydrogens is 466 g/mol. The fourth-order valence-electron chi connectivity index (χ4n) is 3.38. The molecule has 3 amide bonds. The minimum atomic E-state index is -0.656. The molecule has 1 aliphatic heterocycles. The molecule has 0 radical (unpaired) electrons. The minimum Gasteiger partial charge on any atom is -0.493 e. The molecule has 0 spiro atoms. The van der Waals surface area contributed by atoms with Crippen molar-refractivity contribution in [2.75, 3.05) is 7.11 Å². The number of carbonyl (C=O) groups excluding carboxylic acids is 2. The van der Waals surface area contributed by atoms with Gasteiger partial charge in [0.05, 0.1) is 18.7 Å². The smallest absolute Gasteiger partial charge is 0.329 e. The van der Waals surface area contributed by atoms with Gasteiger partial charge in [0.2, 0.25) is 0 Å². The Balaban J connectivity index is 1.53. The van der Waals surface area contributed by atoms with Gasteiger partial charge in [0.15, 0.2) is 11.5 Å². The molecule has 0 aliphatic carbocycles. The summed E-state index contributed by atoms with van der Waals surface area (Å²) in [4.78, 5) is 26.0. The van der Waals surface area contributed by atoms with Gasteiger partial charge in [-0.05, 0) is 47.5 Å². The maximum atomic E-state index is 14.0. The van der Waals surface area contributed by atoms with Gasteiger partial charge in [0.1, 0.15) is 23.9 Å². The number of hydrogen-bond donors (Lipinski definition) is 1. The molecule has 1 heterocycles. The number of imide groups is 1. The van der Waals surface area contributed by atoms with Crippen molar-refractivity contribution in [3.05, 3.63) is 99.7 Å². The van der Waals surface area contributed by atoms with Crippen molar-refractivity contribution in [1.82, 2.24) is 10.2 Å². The summed E-state index contributed by atoms with van der Waals surface area (Å²) < 4.78 is 38.2. The predicted octanol–water partition coefficient (Wildman–Crippen LogP) is 5.30. The van der Waals surface area contributed by atoms with E-state index in [9.17, 15) is 18.4 Å². The highest BCUT2D eigenvalue weighted by Crippen LogP contribution is 2.37. The molecule has 4 rings (SSSR count). The Morgan fingerprint density at radius 1 is 1.06 bits per heavy atom. The van der Waals surface area contributed by atoms with Crippen LogP contribution < -0.4 is 14.8 Å². The van der Waals surface area contributed by atoms with Gasteiger partial charge in [-0.1, -0.05) is 41.9 Å². The minimum absolute atomic E-state index is 0.0134. The number of halogens is 3. The monoisotopic (exact) mass is 484 g/mol.